The fourth-order valence-corrected chi connectivity index (χ4v) is 0.229. The Bertz CT molecular complexity index is 107. The van der Waals surface area contributed by atoms with Gasteiger partial charge in [0.25, 0.3) is 0 Å². The highest BCUT2D eigenvalue weighted by Crippen LogP contribution is 1.78. The van der Waals surface area contributed by atoms with Crippen molar-refractivity contribution in [3.63, 3.8) is 0 Å². The van der Waals surface area contributed by atoms with E-state index in [-0.39, 0.29) is 6.04 Å². The zero-order chi connectivity index (χ0) is 6.41. The summed E-state index contributed by atoms with van der Waals surface area (Å²) in [6, 6.07) is -0.226. The van der Waals surface area contributed by atoms with E-state index in [1.807, 2.05) is 0 Å². The van der Waals surface area contributed by atoms with Crippen LogP contribution < -0.4 is 5.73 Å². The standard InChI is InChI=1S/C6H8NO/c1-2-6(7)4-3-5-8/h2-4,6H,1,7H2. The lowest BCUT2D eigenvalue weighted by molar-refractivity contribution is 0.564. The Hall–Kier alpha value is -0.890. The molecule has 0 fully saturated rings. The molecule has 8 heavy (non-hydrogen) atoms. The molecule has 0 spiro atoms. The maximum Gasteiger partial charge on any atom is 0.225 e. The number of carbonyl (C=O) groups excluding carboxylic acids is 1. The van der Waals surface area contributed by atoms with Crippen molar-refractivity contribution in [1.82, 2.24) is 0 Å². The molecule has 0 rings (SSSR count). The summed E-state index contributed by atoms with van der Waals surface area (Å²) in [7, 11) is 0. The van der Waals surface area contributed by atoms with E-state index in [0.717, 1.165) is 0 Å². The Morgan fingerprint density at radius 3 is 2.75 bits per heavy atom. The lowest BCUT2D eigenvalue weighted by Gasteiger charge is -1.91. The van der Waals surface area contributed by atoms with Crippen LogP contribution in [0, 0.1) is 0 Å². The Balaban J connectivity index is 3.50. The van der Waals surface area contributed by atoms with Crippen molar-refractivity contribution >= 4 is 6.29 Å². The van der Waals surface area contributed by atoms with E-state index in [1.54, 1.807) is 6.29 Å². The molecule has 0 aromatic carbocycles. The predicted octanol–water partition coefficient (Wildman–Crippen LogP) is 0.166. The molecule has 0 heterocycles. The molecular weight excluding hydrogens is 102 g/mol. The number of allylic oxidation sites excluding steroid dienone is 1. The molecule has 0 aliphatic carbocycles. The van der Waals surface area contributed by atoms with E-state index in [2.05, 4.69) is 6.58 Å². The minimum Gasteiger partial charge on any atom is -0.321 e. The molecule has 0 saturated heterocycles. The maximum absolute atomic E-state index is 9.52. The van der Waals surface area contributed by atoms with Gasteiger partial charge in [-0.3, -0.25) is 4.79 Å². The van der Waals surface area contributed by atoms with E-state index in [9.17, 15) is 4.79 Å². The smallest absolute Gasteiger partial charge is 0.225 e. The first kappa shape index (κ1) is 7.11. The molecule has 2 nitrogen and oxygen atoms in total. The topological polar surface area (TPSA) is 43.1 Å². The van der Waals surface area contributed by atoms with Crippen LogP contribution in [0.4, 0.5) is 0 Å². The summed E-state index contributed by atoms with van der Waals surface area (Å²) < 4.78 is 0. The minimum absolute atomic E-state index is 0.226. The summed E-state index contributed by atoms with van der Waals surface area (Å²) in [6.07, 6.45) is 5.85. The van der Waals surface area contributed by atoms with Gasteiger partial charge in [0.05, 0.1) is 0 Å². The molecule has 0 aliphatic rings. The number of hydrogen-bond donors (Lipinski definition) is 1. The fraction of sp³-hybridized carbons (Fsp3) is 0.167. The van der Waals surface area contributed by atoms with Crippen LogP contribution in [0.25, 0.3) is 0 Å². The van der Waals surface area contributed by atoms with E-state index < -0.39 is 0 Å². The zero-order valence-corrected chi connectivity index (χ0v) is 4.50. The van der Waals surface area contributed by atoms with Gasteiger partial charge in [-0.2, -0.15) is 0 Å². The average Bonchev–Trinajstić information content (AvgIpc) is 1.83. The third-order valence-electron chi connectivity index (χ3n) is 0.659. The summed E-state index contributed by atoms with van der Waals surface area (Å²) in [5.41, 5.74) is 5.28. The van der Waals surface area contributed by atoms with Crippen molar-refractivity contribution in [2.45, 2.75) is 6.04 Å². The average molecular weight is 110 g/mol. The minimum atomic E-state index is -0.226. The Morgan fingerprint density at radius 2 is 2.38 bits per heavy atom. The highest BCUT2D eigenvalue weighted by atomic mass is 16.1. The molecule has 1 unspecified atom stereocenters. The monoisotopic (exact) mass is 110 g/mol. The molecule has 0 amide bonds. The van der Waals surface area contributed by atoms with E-state index >= 15 is 0 Å². The molecule has 0 aromatic rings. The van der Waals surface area contributed by atoms with Crippen molar-refractivity contribution in [2.24, 2.45) is 5.73 Å². The van der Waals surface area contributed by atoms with Gasteiger partial charge in [0.2, 0.25) is 6.29 Å². The number of nitrogens with two attached hydrogens (primary N) is 1. The van der Waals surface area contributed by atoms with Gasteiger partial charge in [0.1, 0.15) is 0 Å². The van der Waals surface area contributed by atoms with Crippen molar-refractivity contribution in [1.29, 1.82) is 0 Å². The zero-order valence-electron chi connectivity index (χ0n) is 4.50. The van der Waals surface area contributed by atoms with Crippen molar-refractivity contribution in [3.05, 3.63) is 24.8 Å². The van der Waals surface area contributed by atoms with E-state index in [1.165, 1.54) is 18.2 Å². The largest absolute Gasteiger partial charge is 0.321 e. The summed E-state index contributed by atoms with van der Waals surface area (Å²) in [5, 5.41) is 0. The van der Waals surface area contributed by atoms with Gasteiger partial charge in [0, 0.05) is 6.04 Å². The van der Waals surface area contributed by atoms with Crippen LogP contribution in [-0.2, 0) is 4.79 Å². The molecule has 1 radical (unpaired) electrons. The highest BCUT2D eigenvalue weighted by molar-refractivity contribution is 5.65. The molecule has 0 bridgehead atoms. The molecular formula is C6H8NO. The predicted molar refractivity (Wildman–Crippen MR) is 33.0 cm³/mol. The normalized spacial score (nSPS) is 13.6. The summed E-state index contributed by atoms with van der Waals surface area (Å²) >= 11 is 0. The molecule has 43 valence electrons. The van der Waals surface area contributed by atoms with Gasteiger partial charge in [-0.15, -0.1) is 6.58 Å². The lowest BCUT2D eigenvalue weighted by Crippen LogP contribution is -2.11. The van der Waals surface area contributed by atoms with Crippen LogP contribution in [0.2, 0.25) is 0 Å². The third-order valence-corrected chi connectivity index (χ3v) is 0.659. The van der Waals surface area contributed by atoms with Gasteiger partial charge >= 0.3 is 0 Å². The van der Waals surface area contributed by atoms with Crippen LogP contribution in [0.1, 0.15) is 0 Å². The van der Waals surface area contributed by atoms with Crippen LogP contribution in [0.3, 0.4) is 0 Å². The van der Waals surface area contributed by atoms with Gasteiger partial charge < -0.3 is 5.73 Å². The lowest BCUT2D eigenvalue weighted by atomic mass is 10.3. The summed E-state index contributed by atoms with van der Waals surface area (Å²) in [6.45, 7) is 3.41. The SMILES string of the molecule is C=CC(N)C=C[C]=O. The van der Waals surface area contributed by atoms with Crippen LogP contribution in [0.15, 0.2) is 24.8 Å². The molecule has 0 aliphatic heterocycles. The second-order valence-electron chi connectivity index (χ2n) is 1.29. The number of hydrogen-bond acceptors (Lipinski definition) is 2. The van der Waals surface area contributed by atoms with Crippen molar-refractivity contribution in [2.75, 3.05) is 0 Å². The highest BCUT2D eigenvalue weighted by Gasteiger charge is 1.82. The van der Waals surface area contributed by atoms with Crippen LogP contribution >= 0.6 is 0 Å². The van der Waals surface area contributed by atoms with E-state index in [0.29, 0.717) is 0 Å². The molecule has 2 N–H and O–H groups in total. The first-order valence-electron chi connectivity index (χ1n) is 2.23. The Kier molecular flexibility index (Phi) is 3.80. The molecule has 0 saturated carbocycles. The Labute approximate surface area is 48.7 Å². The summed E-state index contributed by atoms with van der Waals surface area (Å²) in [4.78, 5) is 9.52. The molecule has 0 aromatic heterocycles. The fourth-order valence-electron chi connectivity index (χ4n) is 0.229. The molecule has 2 heteroatoms. The molecule has 1 atom stereocenters. The summed E-state index contributed by atoms with van der Waals surface area (Å²) in [5.74, 6) is 0. The second-order valence-corrected chi connectivity index (χ2v) is 1.29. The van der Waals surface area contributed by atoms with E-state index in [4.69, 9.17) is 5.73 Å². The first-order valence-corrected chi connectivity index (χ1v) is 2.23. The number of rotatable bonds is 3. The van der Waals surface area contributed by atoms with Gasteiger partial charge in [-0.1, -0.05) is 12.2 Å². The van der Waals surface area contributed by atoms with Gasteiger partial charge in [0.15, 0.2) is 0 Å². The quantitative estimate of drug-likeness (QED) is 0.415. The van der Waals surface area contributed by atoms with Crippen LogP contribution in [0.5, 0.6) is 0 Å². The first-order chi connectivity index (χ1) is 3.81. The van der Waals surface area contributed by atoms with Gasteiger partial charge in [-0.25, -0.2) is 0 Å². The van der Waals surface area contributed by atoms with Crippen molar-refractivity contribution in [3.8, 4) is 0 Å². The van der Waals surface area contributed by atoms with Crippen molar-refractivity contribution < 1.29 is 4.79 Å². The van der Waals surface area contributed by atoms with Crippen LogP contribution in [-0.4, -0.2) is 12.3 Å². The van der Waals surface area contributed by atoms with Gasteiger partial charge in [-0.05, 0) is 6.08 Å². The maximum atomic E-state index is 9.52. The Morgan fingerprint density at radius 1 is 1.75 bits per heavy atom. The third kappa shape index (κ3) is 3.31. The second kappa shape index (κ2) is 4.27.